The van der Waals surface area contributed by atoms with Crippen molar-refractivity contribution in [3.8, 4) is 5.75 Å². The number of aromatic nitrogens is 2. The van der Waals surface area contributed by atoms with Crippen molar-refractivity contribution in [3.63, 3.8) is 0 Å². The number of para-hydroxylation sites is 1. The molecular weight excluding hydrogens is 460 g/mol. The number of benzene rings is 2. The second kappa shape index (κ2) is 11.7. The van der Waals surface area contributed by atoms with Crippen LogP contribution in [0.15, 0.2) is 53.6 Å². The van der Waals surface area contributed by atoms with Crippen LogP contribution in [0, 0.1) is 0 Å². The molecule has 9 heteroatoms. The fraction of sp³-hybridized carbons (Fsp3) is 0.375. The molecule has 33 heavy (non-hydrogen) atoms. The standard InChI is InChI=1S/C24H27ClN4O3S/c1-28(10-15-32-19-8-6-18(25)7-9-19)23(30)17-33-24-20-4-2-3-5-21(20)26-22(27-24)16-29-11-13-31-14-12-29/h2-9H,10-17H2,1H3. The summed E-state index contributed by atoms with van der Waals surface area (Å²) in [5.41, 5.74) is 0.899. The number of fused-ring (bicyclic) bond motifs is 1. The first-order valence-electron chi connectivity index (χ1n) is 10.9. The van der Waals surface area contributed by atoms with Crippen LogP contribution in [-0.2, 0) is 16.1 Å². The zero-order valence-electron chi connectivity index (χ0n) is 18.6. The lowest BCUT2D eigenvalue weighted by Crippen LogP contribution is -2.36. The summed E-state index contributed by atoms with van der Waals surface area (Å²) < 4.78 is 11.1. The second-order valence-corrected chi connectivity index (χ2v) is 9.16. The Hall–Kier alpha value is -2.39. The van der Waals surface area contributed by atoms with Crippen molar-refractivity contribution in [3.05, 3.63) is 59.4 Å². The third-order valence-electron chi connectivity index (χ3n) is 5.35. The lowest BCUT2D eigenvalue weighted by molar-refractivity contribution is -0.127. The van der Waals surface area contributed by atoms with Gasteiger partial charge in [-0.25, -0.2) is 9.97 Å². The minimum atomic E-state index is 0.0251. The Morgan fingerprint density at radius 2 is 1.91 bits per heavy atom. The number of ether oxygens (including phenoxy) is 2. The summed E-state index contributed by atoms with van der Waals surface area (Å²) in [6.07, 6.45) is 0. The number of carbonyl (C=O) groups is 1. The predicted octanol–water partition coefficient (Wildman–Crippen LogP) is 3.74. The molecule has 1 amide bonds. The van der Waals surface area contributed by atoms with Crippen molar-refractivity contribution >= 4 is 40.2 Å². The number of nitrogens with zero attached hydrogens (tertiary/aromatic N) is 4. The Morgan fingerprint density at radius 3 is 2.70 bits per heavy atom. The SMILES string of the molecule is CN(CCOc1ccc(Cl)cc1)C(=O)CSc1nc(CN2CCOCC2)nc2ccccc12. The summed E-state index contributed by atoms with van der Waals surface area (Å²) in [5, 5.41) is 2.47. The monoisotopic (exact) mass is 486 g/mol. The van der Waals surface area contributed by atoms with Gasteiger partial charge in [-0.3, -0.25) is 9.69 Å². The van der Waals surface area contributed by atoms with Crippen molar-refractivity contribution in [2.24, 2.45) is 0 Å². The summed E-state index contributed by atoms with van der Waals surface area (Å²) in [5.74, 6) is 1.83. The molecule has 0 spiro atoms. The maximum atomic E-state index is 12.7. The van der Waals surface area contributed by atoms with Crippen LogP contribution in [0.4, 0.5) is 0 Å². The number of likely N-dealkylation sites (N-methyl/N-ethyl adjacent to an activating group) is 1. The fourth-order valence-corrected chi connectivity index (χ4v) is 4.53. The minimum absolute atomic E-state index is 0.0251. The second-order valence-electron chi connectivity index (χ2n) is 7.76. The number of hydrogen-bond acceptors (Lipinski definition) is 7. The maximum absolute atomic E-state index is 12.7. The topological polar surface area (TPSA) is 67.8 Å². The lowest BCUT2D eigenvalue weighted by atomic mass is 10.2. The van der Waals surface area contributed by atoms with Gasteiger partial charge in [-0.05, 0) is 30.3 Å². The van der Waals surface area contributed by atoms with Gasteiger partial charge in [0, 0.05) is 30.5 Å². The van der Waals surface area contributed by atoms with E-state index in [-0.39, 0.29) is 5.91 Å². The van der Waals surface area contributed by atoms with Crippen molar-refractivity contribution in [2.75, 3.05) is 52.3 Å². The van der Waals surface area contributed by atoms with Gasteiger partial charge in [-0.2, -0.15) is 0 Å². The van der Waals surface area contributed by atoms with E-state index in [9.17, 15) is 4.79 Å². The molecule has 2 aromatic carbocycles. The Kier molecular flexibility index (Phi) is 8.39. The quantitative estimate of drug-likeness (QED) is 0.337. The molecule has 0 atom stereocenters. The highest BCUT2D eigenvalue weighted by atomic mass is 35.5. The number of carbonyl (C=O) groups excluding carboxylic acids is 1. The summed E-state index contributed by atoms with van der Waals surface area (Å²) in [6, 6.07) is 15.1. The van der Waals surface area contributed by atoms with Crippen LogP contribution in [0.2, 0.25) is 5.02 Å². The van der Waals surface area contributed by atoms with E-state index in [4.69, 9.17) is 31.0 Å². The normalized spacial score (nSPS) is 14.4. The van der Waals surface area contributed by atoms with Crippen LogP contribution in [0.5, 0.6) is 5.75 Å². The molecule has 1 saturated heterocycles. The molecule has 1 aliphatic rings. The number of morpholine rings is 1. The van der Waals surface area contributed by atoms with E-state index in [0.29, 0.717) is 30.5 Å². The van der Waals surface area contributed by atoms with Gasteiger partial charge in [-0.15, -0.1) is 0 Å². The third-order valence-corrected chi connectivity index (χ3v) is 6.58. The van der Waals surface area contributed by atoms with Gasteiger partial charge in [0.15, 0.2) is 0 Å². The summed E-state index contributed by atoms with van der Waals surface area (Å²) in [6.45, 7) is 4.80. The first kappa shape index (κ1) is 23.8. The van der Waals surface area contributed by atoms with Crippen molar-refractivity contribution < 1.29 is 14.3 Å². The highest BCUT2D eigenvalue weighted by Crippen LogP contribution is 2.26. The number of rotatable bonds is 9. The Bertz CT molecular complexity index is 1080. The molecule has 0 aliphatic carbocycles. The molecule has 0 unspecified atom stereocenters. The zero-order valence-corrected chi connectivity index (χ0v) is 20.1. The Balaban J connectivity index is 1.34. The van der Waals surface area contributed by atoms with Gasteiger partial charge in [0.05, 0.1) is 37.6 Å². The summed E-state index contributed by atoms with van der Waals surface area (Å²) in [4.78, 5) is 26.2. The number of hydrogen-bond donors (Lipinski definition) is 0. The number of amides is 1. The zero-order chi connectivity index (χ0) is 23.0. The van der Waals surface area contributed by atoms with E-state index >= 15 is 0 Å². The third kappa shape index (κ3) is 6.80. The summed E-state index contributed by atoms with van der Waals surface area (Å²) >= 11 is 7.34. The van der Waals surface area contributed by atoms with E-state index < -0.39 is 0 Å². The van der Waals surface area contributed by atoms with Gasteiger partial charge in [0.2, 0.25) is 5.91 Å². The molecule has 0 N–H and O–H groups in total. The van der Waals surface area contributed by atoms with Crippen LogP contribution in [0.3, 0.4) is 0 Å². The highest BCUT2D eigenvalue weighted by Gasteiger charge is 2.16. The van der Waals surface area contributed by atoms with Crippen molar-refractivity contribution in [1.29, 1.82) is 0 Å². The van der Waals surface area contributed by atoms with E-state index in [2.05, 4.69) is 4.90 Å². The first-order valence-corrected chi connectivity index (χ1v) is 12.3. The molecule has 1 fully saturated rings. The smallest absolute Gasteiger partial charge is 0.232 e. The molecule has 174 valence electrons. The average molecular weight is 487 g/mol. The lowest BCUT2D eigenvalue weighted by Gasteiger charge is -2.26. The predicted molar refractivity (Wildman–Crippen MR) is 131 cm³/mol. The molecule has 0 bridgehead atoms. The summed E-state index contributed by atoms with van der Waals surface area (Å²) in [7, 11) is 1.79. The molecule has 1 aliphatic heterocycles. The largest absolute Gasteiger partial charge is 0.492 e. The average Bonchev–Trinajstić information content (AvgIpc) is 2.84. The van der Waals surface area contributed by atoms with Crippen LogP contribution in [-0.4, -0.2) is 77.9 Å². The van der Waals surface area contributed by atoms with Gasteiger partial charge in [0.1, 0.15) is 23.2 Å². The van der Waals surface area contributed by atoms with Crippen LogP contribution >= 0.6 is 23.4 Å². The first-order chi connectivity index (χ1) is 16.1. The van der Waals surface area contributed by atoms with Gasteiger partial charge < -0.3 is 14.4 Å². The van der Waals surface area contributed by atoms with Crippen molar-refractivity contribution in [1.82, 2.24) is 19.8 Å². The van der Waals surface area contributed by atoms with Crippen LogP contribution in [0.25, 0.3) is 10.9 Å². The molecule has 1 aromatic heterocycles. The fourth-order valence-electron chi connectivity index (χ4n) is 3.43. The van der Waals surface area contributed by atoms with Crippen LogP contribution < -0.4 is 4.74 Å². The van der Waals surface area contributed by atoms with Crippen LogP contribution in [0.1, 0.15) is 5.82 Å². The van der Waals surface area contributed by atoms with E-state index in [1.165, 1.54) is 11.8 Å². The minimum Gasteiger partial charge on any atom is -0.492 e. The van der Waals surface area contributed by atoms with E-state index in [1.54, 1.807) is 24.1 Å². The molecular formula is C24H27ClN4O3S. The molecule has 4 rings (SSSR count). The molecule has 3 aromatic rings. The molecule has 7 nitrogen and oxygen atoms in total. The molecule has 0 radical (unpaired) electrons. The Morgan fingerprint density at radius 1 is 1.15 bits per heavy atom. The van der Waals surface area contributed by atoms with Gasteiger partial charge >= 0.3 is 0 Å². The van der Waals surface area contributed by atoms with Gasteiger partial charge in [-0.1, -0.05) is 41.6 Å². The Labute approximate surface area is 203 Å². The number of halogens is 1. The van der Waals surface area contributed by atoms with Gasteiger partial charge in [0.25, 0.3) is 0 Å². The highest BCUT2D eigenvalue weighted by molar-refractivity contribution is 8.00. The number of thioether (sulfide) groups is 1. The molecule has 0 saturated carbocycles. The molecule has 2 heterocycles. The maximum Gasteiger partial charge on any atom is 0.232 e. The van der Waals surface area contributed by atoms with E-state index in [0.717, 1.165) is 53.8 Å². The van der Waals surface area contributed by atoms with Crippen molar-refractivity contribution in [2.45, 2.75) is 11.6 Å². The van der Waals surface area contributed by atoms with E-state index in [1.807, 2.05) is 36.4 Å².